The zero-order valence-corrected chi connectivity index (χ0v) is 12.1. The van der Waals surface area contributed by atoms with Crippen LogP contribution in [0.25, 0.3) is 0 Å². The van der Waals surface area contributed by atoms with Crippen molar-refractivity contribution < 1.29 is 14.7 Å². The number of fused-ring (bicyclic) bond motifs is 1. The lowest BCUT2D eigenvalue weighted by atomic mass is 9.93. The second-order valence-corrected chi connectivity index (χ2v) is 5.27. The van der Waals surface area contributed by atoms with E-state index >= 15 is 0 Å². The number of hydrogen-bond donors (Lipinski definition) is 1. The number of rotatable bonds is 4. The van der Waals surface area contributed by atoms with Crippen molar-refractivity contribution in [2.24, 2.45) is 5.92 Å². The van der Waals surface area contributed by atoms with Crippen molar-refractivity contribution in [3.8, 4) is 0 Å². The van der Waals surface area contributed by atoms with Crippen LogP contribution in [0.5, 0.6) is 0 Å². The largest absolute Gasteiger partial charge is 0.478 e. The van der Waals surface area contributed by atoms with Crippen LogP contribution in [0.1, 0.15) is 48.2 Å². The van der Waals surface area contributed by atoms with E-state index in [2.05, 4.69) is 0 Å². The molecule has 0 spiro atoms. The number of carbonyl (C=O) groups is 2. The average molecular weight is 275 g/mol. The summed E-state index contributed by atoms with van der Waals surface area (Å²) in [5, 5.41) is 9.20. The number of nitrogens with zero attached hydrogens (tertiary/aromatic N) is 1. The molecule has 0 fully saturated rings. The summed E-state index contributed by atoms with van der Waals surface area (Å²) in [6.07, 6.45) is 2.34. The van der Waals surface area contributed by atoms with E-state index in [0.29, 0.717) is 25.1 Å². The lowest BCUT2D eigenvalue weighted by molar-refractivity contribution is -0.136. The maximum atomic E-state index is 12.4. The summed E-state index contributed by atoms with van der Waals surface area (Å²) in [4.78, 5) is 25.5. The van der Waals surface area contributed by atoms with E-state index in [4.69, 9.17) is 0 Å². The van der Waals surface area contributed by atoms with Crippen molar-refractivity contribution in [3.05, 3.63) is 34.9 Å². The Balaban J connectivity index is 2.22. The molecule has 1 amide bonds. The molecule has 2 rings (SSSR count). The summed E-state index contributed by atoms with van der Waals surface area (Å²) in [7, 11) is 0. The van der Waals surface area contributed by atoms with Crippen molar-refractivity contribution in [3.63, 3.8) is 0 Å². The van der Waals surface area contributed by atoms with Crippen molar-refractivity contribution in [1.82, 2.24) is 4.90 Å². The molecule has 0 atom stereocenters. The molecule has 0 saturated heterocycles. The highest BCUT2D eigenvalue weighted by Gasteiger charge is 2.27. The SMILES string of the molecule is CCC(CC)C(=O)N1CCc2c(cccc2C(=O)O)C1. The van der Waals surface area contributed by atoms with E-state index in [1.165, 1.54) is 0 Å². The van der Waals surface area contributed by atoms with Crippen LogP contribution in [0.3, 0.4) is 0 Å². The molecule has 108 valence electrons. The minimum atomic E-state index is -0.887. The Hall–Kier alpha value is -1.84. The highest BCUT2D eigenvalue weighted by Crippen LogP contribution is 2.24. The fourth-order valence-electron chi connectivity index (χ4n) is 2.89. The van der Waals surface area contributed by atoms with Gasteiger partial charge in [-0.3, -0.25) is 4.79 Å². The molecule has 0 bridgehead atoms. The van der Waals surface area contributed by atoms with Crippen LogP contribution >= 0.6 is 0 Å². The maximum absolute atomic E-state index is 12.4. The van der Waals surface area contributed by atoms with E-state index in [1.807, 2.05) is 24.8 Å². The first kappa shape index (κ1) is 14.6. The molecule has 0 radical (unpaired) electrons. The van der Waals surface area contributed by atoms with E-state index < -0.39 is 5.97 Å². The number of aromatic carboxylic acids is 1. The Labute approximate surface area is 119 Å². The van der Waals surface area contributed by atoms with E-state index in [-0.39, 0.29) is 11.8 Å². The Morgan fingerprint density at radius 1 is 1.30 bits per heavy atom. The highest BCUT2D eigenvalue weighted by molar-refractivity contribution is 5.90. The third-order valence-electron chi connectivity index (χ3n) is 4.14. The molecule has 1 aromatic rings. The van der Waals surface area contributed by atoms with Gasteiger partial charge in [0, 0.05) is 19.0 Å². The summed E-state index contributed by atoms with van der Waals surface area (Å²) in [5.41, 5.74) is 2.22. The first-order valence-electron chi connectivity index (χ1n) is 7.21. The Morgan fingerprint density at radius 3 is 2.60 bits per heavy atom. The third kappa shape index (κ3) is 2.69. The Morgan fingerprint density at radius 2 is 2.00 bits per heavy atom. The monoisotopic (exact) mass is 275 g/mol. The van der Waals surface area contributed by atoms with Gasteiger partial charge >= 0.3 is 5.97 Å². The fourth-order valence-corrected chi connectivity index (χ4v) is 2.89. The second kappa shape index (κ2) is 6.07. The van der Waals surface area contributed by atoms with Gasteiger partial charge in [0.2, 0.25) is 5.91 Å². The van der Waals surface area contributed by atoms with Crippen LogP contribution in [-0.4, -0.2) is 28.4 Å². The fraction of sp³-hybridized carbons (Fsp3) is 0.500. The third-order valence-corrected chi connectivity index (χ3v) is 4.14. The molecule has 0 aromatic heterocycles. The summed E-state index contributed by atoms with van der Waals surface area (Å²) in [5.74, 6) is -0.609. The Bertz CT molecular complexity index is 520. The molecular formula is C16H21NO3. The first-order valence-corrected chi connectivity index (χ1v) is 7.21. The summed E-state index contributed by atoms with van der Waals surface area (Å²) in [6, 6.07) is 5.32. The van der Waals surface area contributed by atoms with Crippen LogP contribution < -0.4 is 0 Å². The molecule has 0 aliphatic carbocycles. The van der Waals surface area contributed by atoms with Gasteiger partial charge in [0.05, 0.1) is 5.56 Å². The average Bonchev–Trinajstić information content (AvgIpc) is 2.47. The van der Waals surface area contributed by atoms with Crippen LogP contribution in [0.4, 0.5) is 0 Å². The van der Waals surface area contributed by atoms with Gasteiger partial charge in [0.1, 0.15) is 0 Å². The molecule has 0 saturated carbocycles. The zero-order valence-electron chi connectivity index (χ0n) is 12.1. The number of carboxylic acid groups (broad SMARTS) is 1. The molecule has 4 nitrogen and oxygen atoms in total. The predicted molar refractivity (Wildman–Crippen MR) is 76.6 cm³/mol. The van der Waals surface area contributed by atoms with Gasteiger partial charge in [0.15, 0.2) is 0 Å². The molecule has 0 unspecified atom stereocenters. The molecule has 1 N–H and O–H groups in total. The summed E-state index contributed by atoms with van der Waals surface area (Å²) < 4.78 is 0. The van der Waals surface area contributed by atoms with E-state index in [1.54, 1.807) is 12.1 Å². The van der Waals surface area contributed by atoms with Gasteiger partial charge in [-0.1, -0.05) is 26.0 Å². The Kier molecular flexibility index (Phi) is 4.42. The van der Waals surface area contributed by atoms with Crippen molar-refractivity contribution in [1.29, 1.82) is 0 Å². The van der Waals surface area contributed by atoms with Gasteiger partial charge < -0.3 is 10.0 Å². The minimum absolute atomic E-state index is 0.0826. The van der Waals surface area contributed by atoms with Gasteiger partial charge in [-0.25, -0.2) is 4.79 Å². The van der Waals surface area contributed by atoms with Gasteiger partial charge in [-0.2, -0.15) is 0 Å². The lowest BCUT2D eigenvalue weighted by Gasteiger charge is -2.32. The van der Waals surface area contributed by atoms with E-state index in [0.717, 1.165) is 24.0 Å². The van der Waals surface area contributed by atoms with Crippen LogP contribution in [-0.2, 0) is 17.8 Å². The number of carbonyl (C=O) groups excluding carboxylic acids is 1. The van der Waals surface area contributed by atoms with Crippen LogP contribution in [0.2, 0.25) is 0 Å². The summed E-state index contributed by atoms with van der Waals surface area (Å²) >= 11 is 0. The van der Waals surface area contributed by atoms with Crippen molar-refractivity contribution in [2.75, 3.05) is 6.54 Å². The number of carboxylic acids is 1. The smallest absolute Gasteiger partial charge is 0.335 e. The van der Waals surface area contributed by atoms with Crippen LogP contribution in [0.15, 0.2) is 18.2 Å². The topological polar surface area (TPSA) is 57.6 Å². The maximum Gasteiger partial charge on any atom is 0.335 e. The highest BCUT2D eigenvalue weighted by atomic mass is 16.4. The number of benzene rings is 1. The number of hydrogen-bond acceptors (Lipinski definition) is 2. The summed E-state index contributed by atoms with van der Waals surface area (Å²) in [6.45, 7) is 5.22. The molecular weight excluding hydrogens is 254 g/mol. The molecule has 1 heterocycles. The van der Waals surface area contributed by atoms with Gasteiger partial charge in [-0.15, -0.1) is 0 Å². The predicted octanol–water partition coefficient (Wildman–Crippen LogP) is 2.71. The first-order chi connectivity index (χ1) is 9.58. The second-order valence-electron chi connectivity index (χ2n) is 5.27. The quantitative estimate of drug-likeness (QED) is 0.919. The zero-order chi connectivity index (χ0) is 14.7. The van der Waals surface area contributed by atoms with E-state index in [9.17, 15) is 14.7 Å². The molecule has 20 heavy (non-hydrogen) atoms. The molecule has 1 aliphatic rings. The minimum Gasteiger partial charge on any atom is -0.478 e. The normalized spacial score (nSPS) is 14.2. The lowest BCUT2D eigenvalue weighted by Crippen LogP contribution is -2.40. The van der Waals surface area contributed by atoms with Crippen molar-refractivity contribution >= 4 is 11.9 Å². The molecule has 1 aromatic carbocycles. The molecule has 4 heteroatoms. The van der Waals surface area contributed by atoms with Crippen molar-refractivity contribution in [2.45, 2.75) is 39.7 Å². The standard InChI is InChI=1S/C16H21NO3/c1-3-11(4-2)15(18)17-9-8-13-12(10-17)6-5-7-14(13)16(19)20/h5-7,11H,3-4,8-10H2,1-2H3,(H,19,20). The van der Waals surface area contributed by atoms with Gasteiger partial charge in [-0.05, 0) is 36.5 Å². The van der Waals surface area contributed by atoms with Crippen LogP contribution in [0, 0.1) is 5.92 Å². The molecule has 1 aliphatic heterocycles. The van der Waals surface area contributed by atoms with Gasteiger partial charge in [0.25, 0.3) is 0 Å². The number of amides is 1.